The van der Waals surface area contributed by atoms with Crippen LogP contribution in [0.5, 0.6) is 5.88 Å². The summed E-state index contributed by atoms with van der Waals surface area (Å²) in [6.45, 7) is 1.99. The standard InChI is InChI=1S/C20H15ClN4O2S/c1-2-17-23-24-20(28-17)22-11-14-12-7-3-4-8-13(12)18(26)25(19(14)27)16-10-6-5-9-15(16)21/h3-11,27H,2H2,1H3/b22-11+. The fraction of sp³-hybridized carbons (Fsp3) is 0.100. The van der Waals surface area contributed by atoms with Crippen molar-refractivity contribution in [3.8, 4) is 11.6 Å². The number of aryl methyl sites for hydroxylation is 1. The Bertz CT molecular complexity index is 1260. The monoisotopic (exact) mass is 410 g/mol. The maximum Gasteiger partial charge on any atom is 0.265 e. The molecule has 4 aromatic rings. The van der Waals surface area contributed by atoms with Crippen LogP contribution >= 0.6 is 22.9 Å². The summed E-state index contributed by atoms with van der Waals surface area (Å²) in [6.07, 6.45) is 2.28. The van der Waals surface area contributed by atoms with Gasteiger partial charge in [-0.2, -0.15) is 0 Å². The van der Waals surface area contributed by atoms with Crippen molar-refractivity contribution in [1.29, 1.82) is 0 Å². The first-order valence-corrected chi connectivity index (χ1v) is 9.77. The van der Waals surface area contributed by atoms with Gasteiger partial charge in [-0.3, -0.25) is 4.79 Å². The molecule has 0 radical (unpaired) electrons. The van der Waals surface area contributed by atoms with E-state index in [0.29, 0.717) is 32.2 Å². The first kappa shape index (κ1) is 18.3. The minimum absolute atomic E-state index is 0.235. The highest BCUT2D eigenvalue weighted by molar-refractivity contribution is 7.14. The van der Waals surface area contributed by atoms with Crippen molar-refractivity contribution in [1.82, 2.24) is 14.8 Å². The van der Waals surface area contributed by atoms with E-state index in [4.69, 9.17) is 11.6 Å². The van der Waals surface area contributed by atoms with Crippen LogP contribution in [0.15, 0.2) is 58.3 Å². The molecule has 4 rings (SSSR count). The molecular weight excluding hydrogens is 396 g/mol. The number of aromatic nitrogens is 3. The van der Waals surface area contributed by atoms with Crippen molar-refractivity contribution in [3.05, 3.63) is 74.5 Å². The van der Waals surface area contributed by atoms with Crippen LogP contribution in [0.3, 0.4) is 0 Å². The summed E-state index contributed by atoms with van der Waals surface area (Å²) in [6, 6.07) is 13.9. The molecule has 28 heavy (non-hydrogen) atoms. The summed E-state index contributed by atoms with van der Waals surface area (Å²) >= 11 is 7.65. The summed E-state index contributed by atoms with van der Waals surface area (Å²) in [4.78, 5) is 17.4. The number of aliphatic imine (C=N–C) groups is 1. The van der Waals surface area contributed by atoms with Crippen LogP contribution in [0.4, 0.5) is 5.13 Å². The predicted octanol–water partition coefficient (Wildman–Crippen LogP) is 4.51. The Kier molecular flexibility index (Phi) is 4.93. The lowest BCUT2D eigenvalue weighted by Crippen LogP contribution is -2.20. The first-order valence-electron chi connectivity index (χ1n) is 8.58. The largest absolute Gasteiger partial charge is 0.494 e. The van der Waals surface area contributed by atoms with Gasteiger partial charge in [-0.1, -0.05) is 60.2 Å². The maximum absolute atomic E-state index is 13.1. The molecule has 2 heterocycles. The molecule has 6 nitrogen and oxygen atoms in total. The number of para-hydroxylation sites is 1. The van der Waals surface area contributed by atoms with E-state index in [1.54, 1.807) is 48.5 Å². The Hall–Kier alpha value is -3.03. The molecule has 0 bridgehead atoms. The van der Waals surface area contributed by atoms with E-state index in [-0.39, 0.29) is 11.4 Å². The second kappa shape index (κ2) is 7.53. The first-order chi connectivity index (χ1) is 13.6. The number of hydrogen-bond donors (Lipinski definition) is 1. The molecule has 2 aromatic carbocycles. The van der Waals surface area contributed by atoms with Crippen LogP contribution in [0.2, 0.25) is 5.02 Å². The number of nitrogens with zero attached hydrogens (tertiary/aromatic N) is 4. The Morgan fingerprint density at radius 1 is 1.14 bits per heavy atom. The third-order valence-corrected chi connectivity index (χ3v) is 5.55. The molecule has 0 fully saturated rings. The van der Waals surface area contributed by atoms with Gasteiger partial charge in [0.15, 0.2) is 0 Å². The van der Waals surface area contributed by atoms with Crippen molar-refractivity contribution < 1.29 is 5.11 Å². The van der Waals surface area contributed by atoms with E-state index < -0.39 is 0 Å². The number of aromatic hydroxyl groups is 1. The van der Waals surface area contributed by atoms with Gasteiger partial charge in [0.1, 0.15) is 5.01 Å². The lowest BCUT2D eigenvalue weighted by Gasteiger charge is -2.14. The number of benzene rings is 2. The average molecular weight is 411 g/mol. The highest BCUT2D eigenvalue weighted by Gasteiger charge is 2.17. The lowest BCUT2D eigenvalue weighted by molar-refractivity contribution is 0.436. The second-order valence-corrected chi connectivity index (χ2v) is 7.41. The number of fused-ring (bicyclic) bond motifs is 1. The Morgan fingerprint density at radius 2 is 1.86 bits per heavy atom. The SMILES string of the molecule is CCc1nnc(/N=C/c2c(O)n(-c3ccccc3Cl)c(=O)c3ccccc23)s1. The Morgan fingerprint density at radius 3 is 2.57 bits per heavy atom. The minimum atomic E-state index is -0.359. The van der Waals surface area contributed by atoms with Crippen molar-refractivity contribution in [2.24, 2.45) is 4.99 Å². The summed E-state index contributed by atoms with van der Waals surface area (Å²) in [7, 11) is 0. The van der Waals surface area contributed by atoms with Gasteiger partial charge in [0, 0.05) is 17.0 Å². The quantitative estimate of drug-likeness (QED) is 0.502. The maximum atomic E-state index is 13.1. The van der Waals surface area contributed by atoms with Crippen LogP contribution in [0.1, 0.15) is 17.5 Å². The van der Waals surface area contributed by atoms with Crippen LogP contribution < -0.4 is 5.56 Å². The molecule has 0 unspecified atom stereocenters. The zero-order valence-electron chi connectivity index (χ0n) is 14.8. The fourth-order valence-corrected chi connectivity index (χ4v) is 3.75. The van der Waals surface area contributed by atoms with Gasteiger partial charge < -0.3 is 5.11 Å². The molecule has 140 valence electrons. The number of hydrogen-bond acceptors (Lipinski definition) is 6. The van der Waals surface area contributed by atoms with Crippen LogP contribution in [-0.4, -0.2) is 26.1 Å². The van der Waals surface area contributed by atoms with E-state index in [0.717, 1.165) is 11.4 Å². The van der Waals surface area contributed by atoms with Crippen LogP contribution in [-0.2, 0) is 6.42 Å². The van der Waals surface area contributed by atoms with Gasteiger partial charge in [0.2, 0.25) is 11.0 Å². The topological polar surface area (TPSA) is 80.4 Å². The summed E-state index contributed by atoms with van der Waals surface area (Å²) in [5, 5.41) is 21.8. The molecule has 0 atom stereocenters. The van der Waals surface area contributed by atoms with E-state index in [1.165, 1.54) is 22.1 Å². The Balaban J connectivity index is 1.97. The molecule has 8 heteroatoms. The zero-order valence-corrected chi connectivity index (χ0v) is 16.4. The molecule has 1 N–H and O–H groups in total. The molecular formula is C20H15ClN4O2S. The molecule has 0 amide bonds. The molecule has 0 saturated carbocycles. The minimum Gasteiger partial charge on any atom is -0.494 e. The van der Waals surface area contributed by atoms with Gasteiger partial charge in [-0.15, -0.1) is 10.2 Å². The number of halogens is 1. The lowest BCUT2D eigenvalue weighted by atomic mass is 10.1. The van der Waals surface area contributed by atoms with Crippen LogP contribution in [0, 0.1) is 0 Å². The molecule has 0 aliphatic carbocycles. The molecule has 0 spiro atoms. The molecule has 0 aliphatic rings. The number of pyridine rings is 1. The molecule has 0 saturated heterocycles. The normalized spacial score (nSPS) is 11.5. The van der Waals surface area contributed by atoms with Crippen molar-refractivity contribution in [2.45, 2.75) is 13.3 Å². The number of rotatable bonds is 4. The predicted molar refractivity (Wildman–Crippen MR) is 113 cm³/mol. The smallest absolute Gasteiger partial charge is 0.265 e. The van der Waals surface area contributed by atoms with Gasteiger partial charge in [0.25, 0.3) is 5.56 Å². The van der Waals surface area contributed by atoms with Crippen LogP contribution in [0.25, 0.3) is 16.5 Å². The van der Waals surface area contributed by atoms with Gasteiger partial charge >= 0.3 is 0 Å². The summed E-state index contributed by atoms with van der Waals surface area (Å²) in [5.74, 6) is -0.235. The van der Waals surface area contributed by atoms with E-state index in [1.807, 2.05) is 6.92 Å². The second-order valence-electron chi connectivity index (χ2n) is 5.96. The Labute approximate surface area is 169 Å². The van der Waals surface area contributed by atoms with Gasteiger partial charge in [-0.25, -0.2) is 9.56 Å². The summed E-state index contributed by atoms with van der Waals surface area (Å²) < 4.78 is 1.20. The van der Waals surface area contributed by atoms with Crippen molar-refractivity contribution in [2.75, 3.05) is 0 Å². The zero-order chi connectivity index (χ0) is 19.7. The third kappa shape index (κ3) is 3.19. The average Bonchev–Trinajstić information content (AvgIpc) is 3.17. The highest BCUT2D eigenvalue weighted by Crippen LogP contribution is 2.29. The van der Waals surface area contributed by atoms with Gasteiger partial charge in [-0.05, 0) is 24.6 Å². The fourth-order valence-electron chi connectivity index (χ4n) is 2.91. The third-order valence-electron chi connectivity index (χ3n) is 4.26. The molecule has 2 aromatic heterocycles. The van der Waals surface area contributed by atoms with E-state index in [9.17, 15) is 9.90 Å². The van der Waals surface area contributed by atoms with Gasteiger partial charge in [0.05, 0.1) is 16.3 Å². The highest BCUT2D eigenvalue weighted by atomic mass is 35.5. The van der Waals surface area contributed by atoms with Crippen molar-refractivity contribution >= 4 is 45.1 Å². The molecule has 0 aliphatic heterocycles. The van der Waals surface area contributed by atoms with E-state index in [2.05, 4.69) is 15.2 Å². The summed E-state index contributed by atoms with van der Waals surface area (Å²) in [5.41, 5.74) is 0.446. The van der Waals surface area contributed by atoms with Crippen molar-refractivity contribution in [3.63, 3.8) is 0 Å². The van der Waals surface area contributed by atoms with E-state index >= 15 is 0 Å².